The van der Waals surface area contributed by atoms with Gasteiger partial charge in [0.25, 0.3) is 0 Å². The minimum Gasteiger partial charge on any atom is -0.461 e. The summed E-state index contributed by atoms with van der Waals surface area (Å²) in [6.45, 7) is 4.43. The Bertz CT molecular complexity index is 1030. The van der Waals surface area contributed by atoms with E-state index in [1.54, 1.807) is 20.8 Å². The number of carbonyl (C=O) groups excluding carboxylic acids is 2. The van der Waals surface area contributed by atoms with E-state index in [2.05, 4.69) is 4.74 Å². The van der Waals surface area contributed by atoms with Crippen molar-refractivity contribution in [3.05, 3.63) is 0 Å². The molecule has 23 heteroatoms. The van der Waals surface area contributed by atoms with Gasteiger partial charge < -0.3 is 27.2 Å². The van der Waals surface area contributed by atoms with Crippen LogP contribution in [0.15, 0.2) is 0 Å². The van der Waals surface area contributed by atoms with Crippen LogP contribution in [0.2, 0.25) is 6.04 Å². The second kappa shape index (κ2) is 18.0. The second-order valence-electron chi connectivity index (χ2n) is 11.3. The number of esters is 2. The number of hydrogen-bond donors (Lipinski definition) is 0. The number of carbonyl (C=O) groups is 2. The number of quaternary nitrogens is 1. The molecule has 0 saturated carbocycles. The van der Waals surface area contributed by atoms with Gasteiger partial charge in [0.15, 0.2) is 6.10 Å². The summed E-state index contributed by atoms with van der Waals surface area (Å²) in [5.74, 6) is -28.1. The summed E-state index contributed by atoms with van der Waals surface area (Å²) >= 11 is 0. The summed E-state index contributed by atoms with van der Waals surface area (Å²) in [5.41, 5.74) is 0. The van der Waals surface area contributed by atoms with Gasteiger partial charge in [-0.3, -0.25) is 9.59 Å². The Morgan fingerprint density at radius 3 is 1.41 bits per heavy atom. The van der Waals surface area contributed by atoms with Crippen LogP contribution in [0.25, 0.3) is 0 Å². The van der Waals surface area contributed by atoms with Crippen LogP contribution in [0.5, 0.6) is 0 Å². The summed E-state index contributed by atoms with van der Waals surface area (Å²) < 4.78 is 208. The van der Waals surface area contributed by atoms with Crippen molar-refractivity contribution in [2.75, 3.05) is 53.6 Å². The molecule has 1 unspecified atom stereocenters. The maximum Gasteiger partial charge on any atom is 0.501 e. The minimum absolute atomic E-state index is 0.165. The zero-order valence-electron chi connectivity index (χ0n) is 27.2. The average molecular weight is 773 g/mol. The molecule has 0 aromatic heterocycles. The molecular formula is C26H40F14NO7Si+. The average Bonchev–Trinajstić information content (AvgIpc) is 2.92. The first-order chi connectivity index (χ1) is 22.0. The van der Waals surface area contributed by atoms with E-state index in [0.717, 1.165) is 0 Å². The lowest BCUT2D eigenvalue weighted by molar-refractivity contribution is -0.893. The second-order valence-corrected chi connectivity index (χ2v) is 14.0. The lowest BCUT2D eigenvalue weighted by Crippen LogP contribution is -2.52. The van der Waals surface area contributed by atoms with Gasteiger partial charge in [-0.1, -0.05) is 0 Å². The lowest BCUT2D eigenvalue weighted by Gasteiger charge is -2.34. The number of ether oxygens (including phenoxy) is 2. The zero-order valence-corrected chi connectivity index (χ0v) is 28.2. The third kappa shape index (κ3) is 13.9. The Balaban J connectivity index is 5.82. The number of alkyl halides is 14. The highest BCUT2D eigenvalue weighted by Crippen LogP contribution is 2.49. The molecule has 0 rings (SSSR count). The number of rotatable bonds is 23. The fourth-order valence-electron chi connectivity index (χ4n) is 4.24. The van der Waals surface area contributed by atoms with Gasteiger partial charge in [-0.05, 0) is 20.8 Å². The Hall–Kier alpha value is -1.98. The topological polar surface area (TPSA) is 80.3 Å². The van der Waals surface area contributed by atoms with Gasteiger partial charge in [-0.2, -0.15) is 61.5 Å². The molecule has 0 amide bonds. The standard InChI is InChI=1S/C26H40F14NO7Si/c1-6-45-49(46-7-2,47-8-3)15-9-14-41(4,5)16-18(48-20(43)11-13-22(29,30)24(33,34)26(38,39)40)17-44-19(42)10-12-21(27,28)23(31,32)25(35,36)37/h18H,6-17H2,1-5H3/q+1. The lowest BCUT2D eigenvalue weighted by atomic mass is 10.1. The quantitative estimate of drug-likeness (QED) is 0.0472. The van der Waals surface area contributed by atoms with Crippen LogP contribution in [0.3, 0.4) is 0 Å². The number of hydrogen-bond acceptors (Lipinski definition) is 7. The fourth-order valence-corrected chi connectivity index (χ4v) is 6.83. The summed E-state index contributed by atoms with van der Waals surface area (Å²) in [4.78, 5) is 24.3. The Morgan fingerprint density at radius 1 is 0.653 bits per heavy atom. The van der Waals surface area contributed by atoms with Gasteiger partial charge in [-0.25, -0.2) is 0 Å². The van der Waals surface area contributed by atoms with Crippen molar-refractivity contribution in [1.82, 2.24) is 0 Å². The molecule has 0 saturated heterocycles. The normalized spacial score (nSPS) is 14.9. The van der Waals surface area contributed by atoms with Crippen molar-refractivity contribution in [1.29, 1.82) is 0 Å². The predicted octanol–water partition coefficient (Wildman–Crippen LogP) is 7.18. The van der Waals surface area contributed by atoms with Crippen LogP contribution < -0.4 is 0 Å². The fraction of sp³-hybridized carbons (Fsp3) is 0.923. The summed E-state index contributed by atoms with van der Waals surface area (Å²) in [6.07, 6.45) is -22.9. The van der Waals surface area contributed by atoms with Crippen molar-refractivity contribution >= 4 is 20.7 Å². The molecular weight excluding hydrogens is 732 g/mol. The smallest absolute Gasteiger partial charge is 0.461 e. The van der Waals surface area contributed by atoms with Crippen LogP contribution in [0, 0.1) is 0 Å². The van der Waals surface area contributed by atoms with Gasteiger partial charge >= 0.3 is 56.8 Å². The first-order valence-corrected chi connectivity index (χ1v) is 16.6. The molecule has 0 aromatic carbocycles. The highest BCUT2D eigenvalue weighted by Gasteiger charge is 2.73. The summed E-state index contributed by atoms with van der Waals surface area (Å²) in [5, 5.41) is 0. The van der Waals surface area contributed by atoms with Crippen molar-refractivity contribution in [3.8, 4) is 0 Å². The largest absolute Gasteiger partial charge is 0.501 e. The predicted molar refractivity (Wildman–Crippen MR) is 143 cm³/mol. The van der Waals surface area contributed by atoms with Crippen molar-refractivity contribution in [3.63, 3.8) is 0 Å². The van der Waals surface area contributed by atoms with E-state index in [1.165, 1.54) is 14.1 Å². The molecule has 0 heterocycles. The van der Waals surface area contributed by atoms with Gasteiger partial charge in [0.1, 0.15) is 13.2 Å². The van der Waals surface area contributed by atoms with Crippen molar-refractivity contribution < 1.29 is 98.3 Å². The molecule has 0 N–H and O–H groups in total. The van der Waals surface area contributed by atoms with Crippen LogP contribution in [-0.4, -0.2) is 121 Å². The molecule has 0 bridgehead atoms. The first-order valence-electron chi connectivity index (χ1n) is 14.7. The monoisotopic (exact) mass is 772 g/mol. The van der Waals surface area contributed by atoms with E-state index < -0.39 is 102 Å². The number of halogens is 14. The van der Waals surface area contributed by atoms with E-state index in [0.29, 0.717) is 6.42 Å². The zero-order chi connectivity index (χ0) is 38.8. The van der Waals surface area contributed by atoms with Crippen LogP contribution in [0.1, 0.15) is 52.9 Å². The van der Waals surface area contributed by atoms with Crippen LogP contribution in [0.4, 0.5) is 61.5 Å². The molecule has 0 aliphatic rings. The van der Waals surface area contributed by atoms with Gasteiger partial charge in [0, 0.05) is 45.1 Å². The first kappa shape index (κ1) is 47.0. The highest BCUT2D eigenvalue weighted by atomic mass is 28.4. The minimum atomic E-state index is -6.67. The van der Waals surface area contributed by atoms with E-state index >= 15 is 0 Å². The molecule has 1 atom stereocenters. The summed E-state index contributed by atoms with van der Waals surface area (Å²) in [6, 6.07) is 0.253. The van der Waals surface area contributed by atoms with Gasteiger partial charge in [0.05, 0.1) is 33.5 Å². The molecule has 0 radical (unpaired) electrons. The molecule has 292 valence electrons. The maximum atomic E-state index is 13.7. The molecule has 0 aromatic rings. The Morgan fingerprint density at radius 2 is 1.04 bits per heavy atom. The Kier molecular flexibility index (Phi) is 17.3. The molecule has 0 aliphatic heterocycles. The number of likely N-dealkylation sites (N-methyl/N-ethyl adjacent to an activating group) is 1. The molecule has 8 nitrogen and oxygen atoms in total. The third-order valence-electron chi connectivity index (χ3n) is 6.68. The van der Waals surface area contributed by atoms with E-state index in [-0.39, 0.29) is 36.9 Å². The van der Waals surface area contributed by atoms with Gasteiger partial charge in [-0.15, -0.1) is 0 Å². The molecule has 49 heavy (non-hydrogen) atoms. The van der Waals surface area contributed by atoms with E-state index in [1.807, 2.05) is 0 Å². The van der Waals surface area contributed by atoms with Gasteiger partial charge in [0.2, 0.25) is 0 Å². The highest BCUT2D eigenvalue weighted by molar-refractivity contribution is 6.60. The van der Waals surface area contributed by atoms with Crippen molar-refractivity contribution in [2.45, 2.75) is 101 Å². The molecule has 0 aliphatic carbocycles. The molecule has 0 fully saturated rings. The van der Waals surface area contributed by atoms with E-state index in [9.17, 15) is 71.1 Å². The Labute approximate surface area is 274 Å². The number of nitrogens with zero attached hydrogens (tertiary/aromatic N) is 1. The van der Waals surface area contributed by atoms with Crippen LogP contribution in [-0.2, 0) is 32.3 Å². The van der Waals surface area contributed by atoms with Crippen LogP contribution >= 0.6 is 0 Å². The SMILES string of the molecule is CCO[Si](CCC[N+](C)(C)CC(COC(=O)CCC(F)(F)C(F)(F)C(F)(F)F)OC(=O)CCC(F)(F)C(F)(F)C(F)(F)F)(OCC)OCC. The summed E-state index contributed by atoms with van der Waals surface area (Å²) in [7, 11) is -0.178. The maximum absolute atomic E-state index is 13.7. The third-order valence-corrected chi connectivity index (χ3v) is 9.83. The van der Waals surface area contributed by atoms with Crippen molar-refractivity contribution in [2.24, 2.45) is 0 Å². The molecule has 0 spiro atoms. The van der Waals surface area contributed by atoms with E-state index in [4.69, 9.17) is 18.0 Å².